The summed E-state index contributed by atoms with van der Waals surface area (Å²) >= 11 is 0. The second-order valence-corrected chi connectivity index (χ2v) is 3.13. The van der Waals surface area contributed by atoms with Gasteiger partial charge in [-0.05, 0) is 6.07 Å². The molecule has 0 fully saturated rings. The molecule has 2 heterocycles. The van der Waals surface area contributed by atoms with Gasteiger partial charge in [-0.15, -0.1) is 0 Å². The van der Waals surface area contributed by atoms with Crippen LogP contribution >= 0.6 is 0 Å². The van der Waals surface area contributed by atoms with Gasteiger partial charge in [0, 0.05) is 11.3 Å². The van der Waals surface area contributed by atoms with E-state index in [4.69, 9.17) is 0 Å². The number of benzene rings is 1. The zero-order valence-corrected chi connectivity index (χ0v) is 7.07. The summed E-state index contributed by atoms with van der Waals surface area (Å²) in [5.74, 6) is 0. The van der Waals surface area contributed by atoms with Crippen LogP contribution in [0.1, 0.15) is 0 Å². The Morgan fingerprint density at radius 3 is 3.23 bits per heavy atom. The summed E-state index contributed by atoms with van der Waals surface area (Å²) in [5.41, 5.74) is 3.61. The monoisotopic (exact) mass is 171 g/mol. The van der Waals surface area contributed by atoms with Gasteiger partial charge in [-0.25, -0.2) is 4.98 Å². The molecule has 1 aromatic carbocycles. The highest BCUT2D eigenvalue weighted by Gasteiger charge is 2.13. The molecule has 0 saturated carbocycles. The second kappa shape index (κ2) is 2.36. The number of hydrogen-bond acceptors (Lipinski definition) is 2. The Balaban J connectivity index is 2.30. The fourth-order valence-electron chi connectivity index (χ4n) is 1.70. The van der Waals surface area contributed by atoms with E-state index < -0.39 is 0 Å². The molecule has 0 unspecified atom stereocenters. The summed E-state index contributed by atoms with van der Waals surface area (Å²) in [4.78, 5) is 4.13. The highest BCUT2D eigenvalue weighted by Crippen LogP contribution is 2.30. The number of anilines is 1. The van der Waals surface area contributed by atoms with E-state index in [0.29, 0.717) is 0 Å². The number of nitrogens with zero attached hydrogens (tertiary/aromatic N) is 2. The van der Waals surface area contributed by atoms with Crippen molar-refractivity contribution in [2.24, 2.45) is 0 Å². The quantitative estimate of drug-likeness (QED) is 0.656. The fraction of sp³-hybridized carbons (Fsp3) is 0.100. The van der Waals surface area contributed by atoms with Crippen molar-refractivity contribution in [1.82, 2.24) is 9.55 Å². The van der Waals surface area contributed by atoms with Gasteiger partial charge < -0.3 is 9.88 Å². The number of imidazole rings is 1. The van der Waals surface area contributed by atoms with Crippen LogP contribution in [0.5, 0.6) is 0 Å². The molecule has 0 spiro atoms. The zero-order chi connectivity index (χ0) is 8.67. The summed E-state index contributed by atoms with van der Waals surface area (Å²) in [6.07, 6.45) is 3.75. The molecular formula is C10H9N3. The van der Waals surface area contributed by atoms with Gasteiger partial charge in [0.15, 0.2) is 0 Å². The molecule has 13 heavy (non-hydrogen) atoms. The maximum absolute atomic E-state index is 4.13. The molecule has 0 atom stereocenters. The van der Waals surface area contributed by atoms with Crippen LogP contribution in [-0.4, -0.2) is 9.55 Å². The van der Waals surface area contributed by atoms with Crippen LogP contribution in [0, 0.1) is 0 Å². The molecular weight excluding hydrogens is 162 g/mol. The molecule has 1 aliphatic rings. The second-order valence-electron chi connectivity index (χ2n) is 3.13. The smallest absolute Gasteiger partial charge is 0.0965 e. The Labute approximate surface area is 76.0 Å². The highest BCUT2D eigenvalue weighted by atomic mass is 15.2. The van der Waals surface area contributed by atoms with Crippen molar-refractivity contribution in [3.8, 4) is 11.3 Å². The molecule has 0 saturated heterocycles. The Kier molecular flexibility index (Phi) is 1.22. The van der Waals surface area contributed by atoms with Gasteiger partial charge in [-0.1, -0.05) is 18.2 Å². The first-order chi connectivity index (χ1) is 6.45. The van der Waals surface area contributed by atoms with Crippen molar-refractivity contribution in [2.75, 3.05) is 5.32 Å². The van der Waals surface area contributed by atoms with Gasteiger partial charge in [-0.3, -0.25) is 0 Å². The number of hydrogen-bond donors (Lipinski definition) is 1. The topological polar surface area (TPSA) is 29.9 Å². The van der Waals surface area contributed by atoms with E-state index in [2.05, 4.69) is 27.0 Å². The average molecular weight is 171 g/mol. The largest absolute Gasteiger partial charge is 0.367 e. The summed E-state index contributed by atoms with van der Waals surface area (Å²) in [5, 5.41) is 3.33. The minimum Gasteiger partial charge on any atom is -0.367 e. The van der Waals surface area contributed by atoms with Crippen molar-refractivity contribution in [2.45, 2.75) is 6.67 Å². The summed E-state index contributed by atoms with van der Waals surface area (Å²) in [6.45, 7) is 0.812. The first-order valence-corrected chi connectivity index (χ1v) is 4.28. The lowest BCUT2D eigenvalue weighted by molar-refractivity contribution is 0.769. The molecule has 2 aromatic rings. The molecule has 0 amide bonds. The first kappa shape index (κ1) is 6.71. The van der Waals surface area contributed by atoms with E-state index in [1.807, 2.05) is 24.7 Å². The molecule has 3 heteroatoms. The van der Waals surface area contributed by atoms with Crippen LogP contribution in [0.2, 0.25) is 0 Å². The van der Waals surface area contributed by atoms with E-state index >= 15 is 0 Å². The van der Waals surface area contributed by atoms with E-state index in [1.54, 1.807) is 0 Å². The van der Waals surface area contributed by atoms with Gasteiger partial charge in [0.05, 0.1) is 24.9 Å². The number of para-hydroxylation sites is 1. The summed E-state index contributed by atoms with van der Waals surface area (Å²) in [6, 6.07) is 8.28. The third kappa shape index (κ3) is 0.869. The SMILES string of the molecule is c1ccc2c(c1)NCn1cncc1-2. The third-order valence-corrected chi connectivity index (χ3v) is 2.36. The maximum Gasteiger partial charge on any atom is 0.0965 e. The Bertz CT molecular complexity index is 445. The van der Waals surface area contributed by atoms with Crippen molar-refractivity contribution in [3.63, 3.8) is 0 Å². The average Bonchev–Trinajstić information content (AvgIpc) is 2.65. The Morgan fingerprint density at radius 1 is 1.31 bits per heavy atom. The molecule has 3 rings (SSSR count). The van der Waals surface area contributed by atoms with Crippen molar-refractivity contribution in [1.29, 1.82) is 0 Å². The van der Waals surface area contributed by atoms with Crippen LogP contribution in [0.3, 0.4) is 0 Å². The maximum atomic E-state index is 4.13. The van der Waals surface area contributed by atoms with Crippen molar-refractivity contribution in [3.05, 3.63) is 36.8 Å². The number of fused-ring (bicyclic) bond motifs is 3. The number of rotatable bonds is 0. The predicted molar refractivity (Wildman–Crippen MR) is 51.3 cm³/mol. The number of nitrogens with one attached hydrogen (secondary N) is 1. The van der Waals surface area contributed by atoms with E-state index in [-0.39, 0.29) is 0 Å². The molecule has 0 aliphatic carbocycles. The Morgan fingerprint density at radius 2 is 2.23 bits per heavy atom. The summed E-state index contributed by atoms with van der Waals surface area (Å²) < 4.78 is 2.10. The minimum atomic E-state index is 0.812. The third-order valence-electron chi connectivity index (χ3n) is 2.36. The molecule has 0 bridgehead atoms. The lowest BCUT2D eigenvalue weighted by Gasteiger charge is -2.19. The van der Waals surface area contributed by atoms with Crippen molar-refractivity contribution >= 4 is 5.69 Å². The standard InChI is InChI=1S/C10H9N3/c1-2-4-9-8(3-1)10-5-11-6-13(10)7-12-9/h1-6,12H,7H2. The Hall–Kier alpha value is -1.77. The zero-order valence-electron chi connectivity index (χ0n) is 7.07. The first-order valence-electron chi connectivity index (χ1n) is 4.28. The molecule has 0 radical (unpaired) electrons. The van der Waals surface area contributed by atoms with Gasteiger partial charge in [0.2, 0.25) is 0 Å². The highest BCUT2D eigenvalue weighted by molar-refractivity contribution is 5.76. The lowest BCUT2D eigenvalue weighted by Crippen LogP contribution is -2.13. The van der Waals surface area contributed by atoms with Crippen LogP contribution in [0.15, 0.2) is 36.8 Å². The molecule has 64 valence electrons. The van der Waals surface area contributed by atoms with E-state index in [9.17, 15) is 0 Å². The molecule has 3 nitrogen and oxygen atoms in total. The summed E-state index contributed by atoms with van der Waals surface area (Å²) in [7, 11) is 0. The lowest BCUT2D eigenvalue weighted by atomic mass is 10.1. The van der Waals surface area contributed by atoms with Crippen LogP contribution in [-0.2, 0) is 6.67 Å². The van der Waals surface area contributed by atoms with Crippen molar-refractivity contribution < 1.29 is 0 Å². The van der Waals surface area contributed by atoms with Gasteiger partial charge in [-0.2, -0.15) is 0 Å². The van der Waals surface area contributed by atoms with Gasteiger partial charge >= 0.3 is 0 Å². The van der Waals surface area contributed by atoms with Gasteiger partial charge in [0.25, 0.3) is 0 Å². The molecule has 1 aliphatic heterocycles. The molecule has 1 aromatic heterocycles. The fourth-order valence-corrected chi connectivity index (χ4v) is 1.70. The minimum absolute atomic E-state index is 0.812. The normalized spacial score (nSPS) is 12.9. The van der Waals surface area contributed by atoms with E-state index in [0.717, 1.165) is 6.67 Å². The number of aromatic nitrogens is 2. The van der Waals surface area contributed by atoms with Crippen LogP contribution in [0.25, 0.3) is 11.3 Å². The predicted octanol–water partition coefficient (Wildman–Crippen LogP) is 1.93. The van der Waals surface area contributed by atoms with Crippen LogP contribution < -0.4 is 5.32 Å². The van der Waals surface area contributed by atoms with Crippen LogP contribution in [0.4, 0.5) is 5.69 Å². The van der Waals surface area contributed by atoms with Gasteiger partial charge in [0.1, 0.15) is 0 Å². The molecule has 1 N–H and O–H groups in total. The van der Waals surface area contributed by atoms with E-state index in [1.165, 1.54) is 16.9 Å².